The summed E-state index contributed by atoms with van der Waals surface area (Å²) < 4.78 is 12.9. The molecule has 0 atom stereocenters. The van der Waals surface area contributed by atoms with E-state index >= 15 is 0 Å². The minimum absolute atomic E-state index is 0.264. The zero-order valence-electron chi connectivity index (χ0n) is 11.6. The van der Waals surface area contributed by atoms with Gasteiger partial charge < -0.3 is 5.11 Å². The monoisotopic (exact) mass is 296 g/mol. The van der Waals surface area contributed by atoms with Crippen molar-refractivity contribution < 1.29 is 19.1 Å². The average Bonchev–Trinajstić information content (AvgIpc) is 2.53. The number of carbonyl (C=O) groups is 2. The first-order valence-electron chi connectivity index (χ1n) is 6.48. The molecule has 2 aromatic rings. The van der Waals surface area contributed by atoms with Crippen molar-refractivity contribution in [2.45, 2.75) is 0 Å². The second kappa shape index (κ2) is 6.63. The highest BCUT2D eigenvalue weighted by molar-refractivity contribution is 6.28. The van der Waals surface area contributed by atoms with E-state index in [0.29, 0.717) is 16.7 Å². The summed E-state index contributed by atoms with van der Waals surface area (Å²) in [5.74, 6) is -1.68. The van der Waals surface area contributed by atoms with Gasteiger partial charge in [-0.25, -0.2) is 9.18 Å². The number of halogens is 1. The molecule has 0 fully saturated rings. The van der Waals surface area contributed by atoms with E-state index < -0.39 is 5.97 Å². The van der Waals surface area contributed by atoms with Crippen LogP contribution in [0.4, 0.5) is 4.39 Å². The standard InChI is InChI=1S/C18H13FO3/c1-12(14-7-9-16(19)10-8-14)18(22)15-5-2-13(3-6-15)4-11-17(20)21/h2-11H,1H2,(H,20,21)/b11-4+. The first-order valence-corrected chi connectivity index (χ1v) is 6.48. The van der Waals surface area contributed by atoms with Crippen LogP contribution in [0.5, 0.6) is 0 Å². The second-order valence-electron chi connectivity index (χ2n) is 4.61. The van der Waals surface area contributed by atoms with E-state index in [2.05, 4.69) is 6.58 Å². The molecule has 110 valence electrons. The third kappa shape index (κ3) is 3.76. The number of Topliss-reactive ketones (excluding diaryl/α,β-unsaturated/α-hetero) is 1. The number of benzene rings is 2. The zero-order chi connectivity index (χ0) is 16.1. The summed E-state index contributed by atoms with van der Waals surface area (Å²) in [6.45, 7) is 3.75. The van der Waals surface area contributed by atoms with Gasteiger partial charge in [-0.15, -0.1) is 0 Å². The summed E-state index contributed by atoms with van der Waals surface area (Å²) in [7, 11) is 0. The number of hydrogen-bond donors (Lipinski definition) is 1. The average molecular weight is 296 g/mol. The van der Waals surface area contributed by atoms with E-state index in [1.165, 1.54) is 30.3 Å². The van der Waals surface area contributed by atoms with Gasteiger partial charge in [-0.2, -0.15) is 0 Å². The number of carbonyl (C=O) groups excluding carboxylic acids is 1. The van der Waals surface area contributed by atoms with Gasteiger partial charge in [-0.1, -0.05) is 43.0 Å². The normalized spacial score (nSPS) is 10.6. The van der Waals surface area contributed by atoms with Gasteiger partial charge in [0.2, 0.25) is 0 Å². The maximum Gasteiger partial charge on any atom is 0.328 e. The Balaban J connectivity index is 2.17. The Kier molecular flexibility index (Phi) is 4.63. The van der Waals surface area contributed by atoms with Gasteiger partial charge in [0.25, 0.3) is 0 Å². The van der Waals surface area contributed by atoms with E-state index in [1.807, 2.05) is 0 Å². The molecule has 22 heavy (non-hydrogen) atoms. The molecule has 2 rings (SSSR count). The van der Waals surface area contributed by atoms with Crippen LogP contribution in [-0.2, 0) is 4.79 Å². The quantitative estimate of drug-likeness (QED) is 0.674. The highest BCUT2D eigenvalue weighted by Crippen LogP contribution is 2.19. The topological polar surface area (TPSA) is 54.4 Å². The Labute approximate surface area is 127 Å². The molecule has 0 heterocycles. The lowest BCUT2D eigenvalue weighted by Crippen LogP contribution is -2.01. The largest absolute Gasteiger partial charge is 0.478 e. The third-order valence-corrected chi connectivity index (χ3v) is 3.06. The summed E-state index contributed by atoms with van der Waals surface area (Å²) in [4.78, 5) is 22.7. The summed E-state index contributed by atoms with van der Waals surface area (Å²) >= 11 is 0. The highest BCUT2D eigenvalue weighted by Gasteiger charge is 2.12. The van der Waals surface area contributed by atoms with Gasteiger partial charge in [0.05, 0.1) is 0 Å². The maximum absolute atomic E-state index is 12.9. The first kappa shape index (κ1) is 15.4. The molecule has 0 saturated heterocycles. The van der Waals surface area contributed by atoms with Crippen LogP contribution < -0.4 is 0 Å². The van der Waals surface area contributed by atoms with Crippen molar-refractivity contribution in [2.75, 3.05) is 0 Å². The second-order valence-corrected chi connectivity index (χ2v) is 4.61. The number of carboxylic acids is 1. The number of aliphatic carboxylic acids is 1. The molecule has 0 unspecified atom stereocenters. The minimum atomic E-state index is -1.04. The number of hydrogen-bond acceptors (Lipinski definition) is 2. The van der Waals surface area contributed by atoms with Gasteiger partial charge in [-0.05, 0) is 29.3 Å². The predicted molar refractivity (Wildman–Crippen MR) is 82.9 cm³/mol. The molecule has 0 amide bonds. The van der Waals surface area contributed by atoms with E-state index in [1.54, 1.807) is 24.3 Å². The molecule has 2 aromatic carbocycles. The third-order valence-electron chi connectivity index (χ3n) is 3.06. The minimum Gasteiger partial charge on any atom is -0.478 e. The molecule has 0 aromatic heterocycles. The maximum atomic E-state index is 12.9. The number of ketones is 1. The van der Waals surface area contributed by atoms with Crippen molar-refractivity contribution >= 4 is 23.4 Å². The van der Waals surface area contributed by atoms with Crippen LogP contribution in [-0.4, -0.2) is 16.9 Å². The van der Waals surface area contributed by atoms with Gasteiger partial charge in [0, 0.05) is 17.2 Å². The molecule has 0 spiro atoms. The van der Waals surface area contributed by atoms with Crippen LogP contribution in [0.25, 0.3) is 11.6 Å². The molecular formula is C18H13FO3. The zero-order valence-corrected chi connectivity index (χ0v) is 11.6. The molecule has 0 aliphatic rings. The first-order chi connectivity index (χ1) is 10.5. The van der Waals surface area contributed by atoms with E-state index in [4.69, 9.17) is 5.11 Å². The number of allylic oxidation sites excluding steroid dienone is 1. The molecule has 4 heteroatoms. The summed E-state index contributed by atoms with van der Waals surface area (Å²) in [6, 6.07) is 12.0. The van der Waals surface area contributed by atoms with Gasteiger partial charge >= 0.3 is 5.97 Å². The fourth-order valence-corrected chi connectivity index (χ4v) is 1.87. The van der Waals surface area contributed by atoms with Crippen LogP contribution in [0.2, 0.25) is 0 Å². The van der Waals surface area contributed by atoms with Crippen LogP contribution in [0.3, 0.4) is 0 Å². The van der Waals surface area contributed by atoms with Gasteiger partial charge in [0.1, 0.15) is 5.82 Å². The number of carboxylic acid groups (broad SMARTS) is 1. The lowest BCUT2D eigenvalue weighted by molar-refractivity contribution is -0.131. The lowest BCUT2D eigenvalue weighted by Gasteiger charge is -2.05. The Morgan fingerprint density at radius 2 is 1.50 bits per heavy atom. The van der Waals surface area contributed by atoms with Crippen molar-refractivity contribution in [3.8, 4) is 0 Å². The molecule has 0 saturated carbocycles. The smallest absolute Gasteiger partial charge is 0.328 e. The van der Waals surface area contributed by atoms with Crippen LogP contribution in [0.1, 0.15) is 21.5 Å². The Bertz CT molecular complexity index is 741. The fraction of sp³-hybridized carbons (Fsp3) is 0. The van der Waals surface area contributed by atoms with Crippen molar-refractivity contribution in [3.05, 3.63) is 83.7 Å². The number of rotatable bonds is 5. The van der Waals surface area contributed by atoms with Gasteiger partial charge in [-0.3, -0.25) is 4.79 Å². The summed E-state index contributed by atoms with van der Waals surface area (Å²) in [5, 5.41) is 8.56. The molecule has 0 aliphatic carbocycles. The molecule has 3 nitrogen and oxygen atoms in total. The van der Waals surface area contributed by atoms with E-state index in [-0.39, 0.29) is 17.2 Å². The molecule has 0 aliphatic heterocycles. The predicted octanol–water partition coefficient (Wildman–Crippen LogP) is 3.82. The molecule has 0 bridgehead atoms. The fourth-order valence-electron chi connectivity index (χ4n) is 1.87. The van der Waals surface area contributed by atoms with Crippen molar-refractivity contribution in [1.29, 1.82) is 0 Å². The van der Waals surface area contributed by atoms with E-state index in [0.717, 1.165) is 6.08 Å². The van der Waals surface area contributed by atoms with Gasteiger partial charge in [0.15, 0.2) is 5.78 Å². The Morgan fingerprint density at radius 1 is 0.955 bits per heavy atom. The van der Waals surface area contributed by atoms with Crippen LogP contribution in [0.15, 0.2) is 61.2 Å². The molecule has 1 N–H and O–H groups in total. The van der Waals surface area contributed by atoms with E-state index in [9.17, 15) is 14.0 Å². The lowest BCUT2D eigenvalue weighted by atomic mass is 9.97. The highest BCUT2D eigenvalue weighted by atomic mass is 19.1. The summed E-state index contributed by atoms with van der Waals surface area (Å²) in [6.07, 6.45) is 2.46. The molecule has 0 radical (unpaired) electrons. The van der Waals surface area contributed by atoms with Crippen molar-refractivity contribution in [1.82, 2.24) is 0 Å². The summed E-state index contributed by atoms with van der Waals surface area (Å²) in [5.41, 5.74) is 1.93. The molecular weight excluding hydrogens is 283 g/mol. The van der Waals surface area contributed by atoms with Crippen LogP contribution in [0, 0.1) is 5.82 Å². The van der Waals surface area contributed by atoms with Crippen LogP contribution >= 0.6 is 0 Å². The Morgan fingerprint density at radius 3 is 2.05 bits per heavy atom. The van der Waals surface area contributed by atoms with Crippen molar-refractivity contribution in [2.24, 2.45) is 0 Å². The van der Waals surface area contributed by atoms with Crippen molar-refractivity contribution in [3.63, 3.8) is 0 Å². The Hall–Kier alpha value is -3.01. The SMILES string of the molecule is C=C(C(=O)c1ccc(/C=C/C(=O)O)cc1)c1ccc(F)cc1.